The van der Waals surface area contributed by atoms with Crippen molar-refractivity contribution >= 4 is 17.8 Å². The fraction of sp³-hybridized carbons (Fsp3) is 0.158. The molecule has 0 saturated heterocycles. The maximum Gasteiger partial charge on any atom is 0.310 e. The van der Waals surface area contributed by atoms with Gasteiger partial charge in [-0.25, -0.2) is 0 Å². The Labute approximate surface area is 139 Å². The molecule has 0 unspecified atom stereocenters. The number of hydrogen-bond acceptors (Lipinski definition) is 5. The lowest BCUT2D eigenvalue weighted by Gasteiger charge is -2.05. The molecule has 0 fully saturated rings. The molecule has 0 aromatic heterocycles. The van der Waals surface area contributed by atoms with Crippen molar-refractivity contribution in [3.05, 3.63) is 59.4 Å². The summed E-state index contributed by atoms with van der Waals surface area (Å²) < 4.78 is 16.1. The molecular weight excluding hydrogens is 308 g/mol. The van der Waals surface area contributed by atoms with E-state index >= 15 is 0 Å². The highest BCUT2D eigenvalue weighted by molar-refractivity contribution is 6.14. The normalized spacial score (nSPS) is 14.2. The van der Waals surface area contributed by atoms with Gasteiger partial charge in [0.25, 0.3) is 0 Å². The van der Waals surface area contributed by atoms with Gasteiger partial charge in [0.05, 0.1) is 12.7 Å². The van der Waals surface area contributed by atoms with Gasteiger partial charge < -0.3 is 14.2 Å². The van der Waals surface area contributed by atoms with Crippen molar-refractivity contribution in [3.8, 4) is 17.2 Å². The van der Waals surface area contributed by atoms with Crippen molar-refractivity contribution in [1.29, 1.82) is 0 Å². The van der Waals surface area contributed by atoms with E-state index in [1.807, 2.05) is 18.2 Å². The fourth-order valence-electron chi connectivity index (χ4n) is 2.36. The number of methoxy groups -OCH3 is 1. The van der Waals surface area contributed by atoms with Crippen LogP contribution in [0.25, 0.3) is 6.08 Å². The molecule has 0 amide bonds. The molecule has 1 aliphatic rings. The molecule has 1 heterocycles. The zero-order valence-corrected chi connectivity index (χ0v) is 13.4. The summed E-state index contributed by atoms with van der Waals surface area (Å²) in [6, 6.07) is 12.1. The Bertz CT molecular complexity index is 835. The number of para-hydroxylation sites is 1. The molecule has 5 heteroatoms. The van der Waals surface area contributed by atoms with Crippen LogP contribution in [0.1, 0.15) is 29.3 Å². The number of esters is 1. The second kappa shape index (κ2) is 6.58. The number of carbonyl (C=O) groups is 2. The third kappa shape index (κ3) is 3.01. The van der Waals surface area contributed by atoms with E-state index in [2.05, 4.69) is 0 Å². The molecule has 0 aliphatic carbocycles. The molecule has 0 spiro atoms. The van der Waals surface area contributed by atoms with Crippen molar-refractivity contribution in [2.75, 3.05) is 7.11 Å². The van der Waals surface area contributed by atoms with E-state index in [0.29, 0.717) is 22.8 Å². The summed E-state index contributed by atoms with van der Waals surface area (Å²) >= 11 is 0. The molecule has 0 radical (unpaired) electrons. The SMILES string of the molecule is CCC(=O)Oc1ccc2c(c1)O/C(=C/c1ccccc1OC)C2=O. The predicted molar refractivity (Wildman–Crippen MR) is 88.3 cm³/mol. The van der Waals surface area contributed by atoms with Gasteiger partial charge >= 0.3 is 5.97 Å². The fourth-order valence-corrected chi connectivity index (χ4v) is 2.36. The van der Waals surface area contributed by atoms with Crippen LogP contribution in [0.5, 0.6) is 17.2 Å². The van der Waals surface area contributed by atoms with Crippen molar-refractivity contribution in [2.24, 2.45) is 0 Å². The Hall–Kier alpha value is -3.08. The smallest absolute Gasteiger partial charge is 0.310 e. The third-order valence-corrected chi connectivity index (χ3v) is 3.59. The van der Waals surface area contributed by atoms with E-state index in [1.165, 1.54) is 0 Å². The molecule has 0 bridgehead atoms. The number of fused-ring (bicyclic) bond motifs is 1. The van der Waals surface area contributed by atoms with Crippen LogP contribution >= 0.6 is 0 Å². The Balaban J connectivity index is 1.90. The molecular formula is C19H16O5. The third-order valence-electron chi connectivity index (χ3n) is 3.59. The average Bonchev–Trinajstić information content (AvgIpc) is 2.90. The van der Waals surface area contributed by atoms with Crippen LogP contribution in [0.15, 0.2) is 48.2 Å². The highest BCUT2D eigenvalue weighted by Gasteiger charge is 2.28. The summed E-state index contributed by atoms with van der Waals surface area (Å²) in [6.45, 7) is 1.71. The topological polar surface area (TPSA) is 61.8 Å². The van der Waals surface area contributed by atoms with E-state index in [9.17, 15) is 9.59 Å². The van der Waals surface area contributed by atoms with Crippen LogP contribution in [0.3, 0.4) is 0 Å². The van der Waals surface area contributed by atoms with Crippen molar-refractivity contribution in [3.63, 3.8) is 0 Å². The van der Waals surface area contributed by atoms with Crippen LogP contribution in [0.2, 0.25) is 0 Å². The minimum absolute atomic E-state index is 0.202. The molecule has 2 aromatic carbocycles. The van der Waals surface area contributed by atoms with Crippen LogP contribution < -0.4 is 14.2 Å². The summed E-state index contributed by atoms with van der Waals surface area (Å²) in [5.41, 5.74) is 1.18. The molecule has 0 saturated carbocycles. The minimum atomic E-state index is -0.343. The van der Waals surface area contributed by atoms with E-state index in [4.69, 9.17) is 14.2 Å². The minimum Gasteiger partial charge on any atom is -0.496 e. The molecule has 1 aliphatic heterocycles. The van der Waals surface area contributed by atoms with Gasteiger partial charge in [0.2, 0.25) is 5.78 Å². The van der Waals surface area contributed by atoms with Crippen LogP contribution in [-0.2, 0) is 4.79 Å². The van der Waals surface area contributed by atoms with Crippen molar-refractivity contribution in [1.82, 2.24) is 0 Å². The zero-order valence-electron chi connectivity index (χ0n) is 13.4. The van der Waals surface area contributed by atoms with Gasteiger partial charge in [-0.2, -0.15) is 0 Å². The first-order chi connectivity index (χ1) is 11.6. The van der Waals surface area contributed by atoms with Gasteiger partial charge in [0, 0.05) is 18.1 Å². The zero-order chi connectivity index (χ0) is 17.1. The maximum atomic E-state index is 12.4. The molecule has 5 nitrogen and oxygen atoms in total. The number of rotatable bonds is 4. The summed E-state index contributed by atoms with van der Waals surface area (Å²) in [7, 11) is 1.57. The number of allylic oxidation sites excluding steroid dienone is 1. The number of ketones is 1. The summed E-state index contributed by atoms with van der Waals surface area (Å²) in [5, 5.41) is 0. The molecule has 0 atom stereocenters. The van der Waals surface area contributed by atoms with Crippen molar-refractivity contribution < 1.29 is 23.8 Å². The molecule has 24 heavy (non-hydrogen) atoms. The number of benzene rings is 2. The molecule has 2 aromatic rings. The second-order valence-electron chi connectivity index (χ2n) is 5.17. The first-order valence-electron chi connectivity index (χ1n) is 7.54. The van der Waals surface area contributed by atoms with E-state index < -0.39 is 0 Å². The van der Waals surface area contributed by atoms with Crippen LogP contribution in [0.4, 0.5) is 0 Å². The lowest BCUT2D eigenvalue weighted by Crippen LogP contribution is -2.05. The van der Waals surface area contributed by atoms with Gasteiger partial charge in [-0.1, -0.05) is 25.1 Å². The summed E-state index contributed by atoms with van der Waals surface area (Å²) in [5.74, 6) is 1.02. The Morgan fingerprint density at radius 3 is 2.75 bits per heavy atom. The summed E-state index contributed by atoms with van der Waals surface area (Å²) in [6.07, 6.45) is 1.91. The quantitative estimate of drug-likeness (QED) is 0.488. The van der Waals surface area contributed by atoms with Crippen LogP contribution in [-0.4, -0.2) is 18.9 Å². The first kappa shape index (κ1) is 15.8. The highest BCUT2D eigenvalue weighted by Crippen LogP contribution is 2.35. The lowest BCUT2D eigenvalue weighted by atomic mass is 10.1. The molecule has 122 valence electrons. The largest absolute Gasteiger partial charge is 0.496 e. The predicted octanol–water partition coefficient (Wildman–Crippen LogP) is 3.63. The van der Waals surface area contributed by atoms with Gasteiger partial charge in [-0.3, -0.25) is 9.59 Å². The average molecular weight is 324 g/mol. The standard InChI is InChI=1S/C19H16O5/c1-3-18(20)23-13-8-9-14-16(11-13)24-17(19(14)21)10-12-6-4-5-7-15(12)22-2/h4-11H,3H2,1-2H3/b17-10+. The van der Waals surface area contributed by atoms with Crippen LogP contribution in [0, 0.1) is 0 Å². The van der Waals surface area contributed by atoms with E-state index in [1.54, 1.807) is 44.4 Å². The van der Waals surface area contributed by atoms with Gasteiger partial charge in [0.15, 0.2) is 5.76 Å². The Morgan fingerprint density at radius 1 is 1.21 bits per heavy atom. The number of Topliss-reactive ketones (excluding diaryl/α,β-unsaturated/α-hetero) is 1. The van der Waals surface area contributed by atoms with Crippen molar-refractivity contribution in [2.45, 2.75) is 13.3 Å². The van der Waals surface area contributed by atoms with Gasteiger partial charge in [0.1, 0.15) is 17.2 Å². The highest BCUT2D eigenvalue weighted by atomic mass is 16.5. The van der Waals surface area contributed by atoms with E-state index in [0.717, 1.165) is 5.56 Å². The van der Waals surface area contributed by atoms with Gasteiger partial charge in [-0.05, 0) is 24.3 Å². The maximum absolute atomic E-state index is 12.4. The molecule has 3 rings (SSSR count). The monoisotopic (exact) mass is 324 g/mol. The van der Waals surface area contributed by atoms with E-state index in [-0.39, 0.29) is 23.9 Å². The van der Waals surface area contributed by atoms with Gasteiger partial charge in [-0.15, -0.1) is 0 Å². The summed E-state index contributed by atoms with van der Waals surface area (Å²) in [4.78, 5) is 23.8. The molecule has 0 N–H and O–H groups in total. The first-order valence-corrected chi connectivity index (χ1v) is 7.54. The lowest BCUT2D eigenvalue weighted by molar-refractivity contribution is -0.134. The Morgan fingerprint density at radius 2 is 2.00 bits per heavy atom. The number of ether oxygens (including phenoxy) is 3. The Kier molecular flexibility index (Phi) is 4.33. The second-order valence-corrected chi connectivity index (χ2v) is 5.17. The number of carbonyl (C=O) groups excluding carboxylic acids is 2. The number of hydrogen-bond donors (Lipinski definition) is 0.